The fourth-order valence-electron chi connectivity index (χ4n) is 2.06. The van der Waals surface area contributed by atoms with Gasteiger partial charge in [0.25, 0.3) is 0 Å². The first-order valence-electron chi connectivity index (χ1n) is 8.04. The predicted molar refractivity (Wildman–Crippen MR) is 94.5 cm³/mol. The van der Waals surface area contributed by atoms with Crippen LogP contribution in [0.4, 0.5) is 4.79 Å². The normalized spacial score (nSPS) is 13.1. The van der Waals surface area contributed by atoms with Crippen molar-refractivity contribution < 1.29 is 19.1 Å². The number of rotatable bonds is 5. The molecule has 0 radical (unpaired) electrons. The summed E-state index contributed by atoms with van der Waals surface area (Å²) in [5.74, 6) is -0.227. The van der Waals surface area contributed by atoms with E-state index in [1.54, 1.807) is 0 Å². The van der Waals surface area contributed by atoms with Crippen LogP contribution in [0.1, 0.15) is 80.8 Å². The van der Waals surface area contributed by atoms with Crippen LogP contribution in [0.5, 0.6) is 0 Å². The number of alkyl carbamates (subject to hydrolysis) is 1. The van der Waals surface area contributed by atoms with Crippen LogP contribution in [0.25, 0.3) is 0 Å². The number of ether oxygens (including phenoxy) is 2. The van der Waals surface area contributed by atoms with E-state index in [0.717, 1.165) is 4.88 Å². The van der Waals surface area contributed by atoms with E-state index in [-0.39, 0.29) is 17.9 Å². The Hall–Kier alpha value is -1.63. The van der Waals surface area contributed by atoms with Gasteiger partial charge < -0.3 is 14.8 Å². The summed E-state index contributed by atoms with van der Waals surface area (Å²) in [5, 5.41) is 3.54. The number of thiazole rings is 1. The average molecular weight is 356 g/mol. The van der Waals surface area contributed by atoms with Crippen LogP contribution in [-0.4, -0.2) is 29.8 Å². The van der Waals surface area contributed by atoms with Crippen LogP contribution >= 0.6 is 11.3 Å². The monoisotopic (exact) mass is 356 g/mol. The molecule has 1 aromatic heterocycles. The lowest BCUT2D eigenvalue weighted by atomic mass is 10.1. The Balaban J connectivity index is 3.13. The standard InChI is InChI=1S/C17H28N2O4S/c1-9(2)11(19-16(21)23-17(5,6)7)14-18-12(15(20)22-8)13(24-14)10(3)4/h9-11H,1-8H3,(H,19,21). The molecule has 136 valence electrons. The number of amides is 1. The number of esters is 1. The lowest BCUT2D eigenvalue weighted by molar-refractivity contribution is 0.0489. The minimum atomic E-state index is -0.575. The molecule has 1 N–H and O–H groups in total. The molecule has 7 heteroatoms. The van der Waals surface area contributed by atoms with Crippen LogP contribution in [0.15, 0.2) is 0 Å². The molecule has 1 heterocycles. The Morgan fingerprint density at radius 2 is 1.75 bits per heavy atom. The van der Waals surface area contributed by atoms with Crippen molar-refractivity contribution in [3.63, 3.8) is 0 Å². The molecule has 0 aliphatic heterocycles. The van der Waals surface area contributed by atoms with Gasteiger partial charge in [0, 0.05) is 4.88 Å². The summed E-state index contributed by atoms with van der Waals surface area (Å²) < 4.78 is 10.1. The fourth-order valence-corrected chi connectivity index (χ4v) is 3.35. The van der Waals surface area contributed by atoms with Gasteiger partial charge in [0.15, 0.2) is 5.69 Å². The van der Waals surface area contributed by atoms with E-state index in [4.69, 9.17) is 9.47 Å². The second-order valence-electron chi connectivity index (χ2n) is 7.28. The third-order valence-electron chi connectivity index (χ3n) is 3.18. The molecule has 1 amide bonds. The summed E-state index contributed by atoms with van der Waals surface area (Å²) in [6.45, 7) is 13.4. The Morgan fingerprint density at radius 1 is 1.17 bits per heavy atom. The molecule has 0 spiro atoms. The van der Waals surface area contributed by atoms with E-state index in [1.807, 2.05) is 48.5 Å². The third kappa shape index (κ3) is 5.47. The average Bonchev–Trinajstić information content (AvgIpc) is 2.86. The Morgan fingerprint density at radius 3 is 2.17 bits per heavy atom. The number of carbonyl (C=O) groups is 2. The van der Waals surface area contributed by atoms with E-state index >= 15 is 0 Å². The van der Waals surface area contributed by atoms with Crippen molar-refractivity contribution in [2.75, 3.05) is 7.11 Å². The van der Waals surface area contributed by atoms with Gasteiger partial charge in [-0.1, -0.05) is 27.7 Å². The van der Waals surface area contributed by atoms with Gasteiger partial charge in [-0.2, -0.15) is 0 Å². The minimum Gasteiger partial charge on any atom is -0.464 e. The van der Waals surface area contributed by atoms with Crippen molar-refractivity contribution >= 4 is 23.4 Å². The maximum atomic E-state index is 12.1. The molecule has 0 aliphatic rings. The third-order valence-corrected chi connectivity index (χ3v) is 4.62. The zero-order valence-electron chi connectivity index (χ0n) is 15.7. The molecule has 0 aromatic carbocycles. The van der Waals surface area contributed by atoms with Crippen molar-refractivity contribution in [2.45, 2.75) is 66.0 Å². The largest absolute Gasteiger partial charge is 0.464 e. The number of aromatic nitrogens is 1. The van der Waals surface area contributed by atoms with Gasteiger partial charge in [0.2, 0.25) is 0 Å². The summed E-state index contributed by atoms with van der Waals surface area (Å²) in [7, 11) is 1.34. The van der Waals surface area contributed by atoms with Crippen molar-refractivity contribution in [3.8, 4) is 0 Å². The maximum absolute atomic E-state index is 12.1. The van der Waals surface area contributed by atoms with Gasteiger partial charge in [0.05, 0.1) is 13.2 Å². The molecule has 0 fully saturated rings. The highest BCUT2D eigenvalue weighted by Crippen LogP contribution is 2.33. The van der Waals surface area contributed by atoms with Crippen LogP contribution in [0.3, 0.4) is 0 Å². The lowest BCUT2D eigenvalue weighted by Gasteiger charge is -2.24. The van der Waals surface area contributed by atoms with Crippen molar-refractivity contribution in [2.24, 2.45) is 5.92 Å². The molecule has 1 atom stereocenters. The molecular weight excluding hydrogens is 328 g/mol. The SMILES string of the molecule is COC(=O)c1nc(C(NC(=O)OC(C)(C)C)C(C)C)sc1C(C)C. The first-order chi connectivity index (χ1) is 11.0. The number of hydrogen-bond acceptors (Lipinski definition) is 6. The summed E-state index contributed by atoms with van der Waals surface area (Å²) in [6, 6.07) is -0.333. The van der Waals surface area contributed by atoms with E-state index in [9.17, 15) is 9.59 Å². The Labute approximate surface area is 148 Å². The maximum Gasteiger partial charge on any atom is 0.408 e. The summed E-state index contributed by atoms with van der Waals surface area (Å²) in [5.41, 5.74) is -0.251. The second kappa shape index (κ2) is 7.96. The van der Waals surface area contributed by atoms with Gasteiger partial charge in [-0.3, -0.25) is 0 Å². The summed E-state index contributed by atoms with van der Waals surface area (Å²) in [4.78, 5) is 29.4. The molecule has 0 saturated carbocycles. The topological polar surface area (TPSA) is 77.5 Å². The smallest absolute Gasteiger partial charge is 0.408 e. The Kier molecular flexibility index (Phi) is 6.77. The first kappa shape index (κ1) is 20.4. The molecule has 1 aromatic rings. The highest BCUT2D eigenvalue weighted by molar-refractivity contribution is 7.12. The number of methoxy groups -OCH3 is 1. The van der Waals surface area contributed by atoms with Crippen LogP contribution in [0, 0.1) is 5.92 Å². The molecule has 0 aliphatic carbocycles. The lowest BCUT2D eigenvalue weighted by Crippen LogP contribution is -2.36. The summed E-state index contributed by atoms with van der Waals surface area (Å²) in [6.07, 6.45) is -0.498. The number of carbonyl (C=O) groups excluding carboxylic acids is 2. The molecule has 1 rings (SSSR count). The molecule has 1 unspecified atom stereocenters. The Bertz CT molecular complexity index is 588. The zero-order valence-corrected chi connectivity index (χ0v) is 16.5. The van der Waals surface area contributed by atoms with Crippen LogP contribution in [-0.2, 0) is 9.47 Å². The van der Waals surface area contributed by atoms with Gasteiger partial charge in [-0.05, 0) is 32.6 Å². The second-order valence-corrected chi connectivity index (χ2v) is 8.34. The number of nitrogens with zero attached hydrogens (tertiary/aromatic N) is 1. The van der Waals surface area contributed by atoms with Crippen LogP contribution < -0.4 is 5.32 Å². The number of hydrogen-bond donors (Lipinski definition) is 1. The highest BCUT2D eigenvalue weighted by Gasteiger charge is 2.29. The first-order valence-corrected chi connectivity index (χ1v) is 8.86. The molecule has 24 heavy (non-hydrogen) atoms. The van der Waals surface area contributed by atoms with E-state index < -0.39 is 17.7 Å². The predicted octanol–water partition coefficient (Wildman–Crippen LogP) is 4.27. The summed E-state index contributed by atoms with van der Waals surface area (Å²) >= 11 is 1.43. The minimum absolute atomic E-state index is 0.0918. The molecule has 0 bridgehead atoms. The quantitative estimate of drug-likeness (QED) is 0.797. The molecular formula is C17H28N2O4S. The van der Waals surface area contributed by atoms with Gasteiger partial charge in [-0.25, -0.2) is 14.6 Å². The van der Waals surface area contributed by atoms with Gasteiger partial charge in [-0.15, -0.1) is 11.3 Å². The van der Waals surface area contributed by atoms with Crippen molar-refractivity contribution in [1.29, 1.82) is 0 Å². The number of nitrogens with one attached hydrogen (secondary N) is 1. The van der Waals surface area contributed by atoms with E-state index in [2.05, 4.69) is 10.3 Å². The van der Waals surface area contributed by atoms with E-state index in [0.29, 0.717) is 10.7 Å². The van der Waals surface area contributed by atoms with Gasteiger partial charge in [0.1, 0.15) is 10.6 Å². The molecule has 6 nitrogen and oxygen atoms in total. The van der Waals surface area contributed by atoms with Crippen molar-refractivity contribution in [1.82, 2.24) is 10.3 Å². The highest BCUT2D eigenvalue weighted by atomic mass is 32.1. The zero-order chi connectivity index (χ0) is 18.7. The van der Waals surface area contributed by atoms with Crippen LogP contribution in [0.2, 0.25) is 0 Å². The molecule has 0 saturated heterocycles. The van der Waals surface area contributed by atoms with Crippen molar-refractivity contribution in [3.05, 3.63) is 15.6 Å². The van der Waals surface area contributed by atoms with E-state index in [1.165, 1.54) is 18.4 Å². The van der Waals surface area contributed by atoms with Gasteiger partial charge >= 0.3 is 12.1 Å². The fraction of sp³-hybridized carbons (Fsp3) is 0.706.